The lowest BCUT2D eigenvalue weighted by molar-refractivity contribution is 0.0979. The second kappa shape index (κ2) is 9.75. The minimum Gasteiger partial charge on any atom is -0.307 e. The number of benzene rings is 1. The number of piperazine rings is 1. The largest absolute Gasteiger partial charge is 0.307 e. The van der Waals surface area contributed by atoms with Crippen molar-refractivity contribution in [1.29, 1.82) is 0 Å². The van der Waals surface area contributed by atoms with E-state index in [2.05, 4.69) is 47.9 Å². The van der Waals surface area contributed by atoms with Crippen LogP contribution in [0.2, 0.25) is 0 Å². The van der Waals surface area contributed by atoms with Gasteiger partial charge in [0.1, 0.15) is 5.82 Å². The third-order valence-corrected chi connectivity index (χ3v) is 9.10. The normalized spacial score (nSPS) is 22.1. The van der Waals surface area contributed by atoms with Crippen LogP contribution in [-0.4, -0.2) is 70.2 Å². The Balaban J connectivity index is 1.30. The molecule has 0 N–H and O–H groups in total. The van der Waals surface area contributed by atoms with E-state index in [1.54, 1.807) is 0 Å². The molecular formula is C23H35N5O2S2. The van der Waals surface area contributed by atoms with Crippen LogP contribution < -0.4 is 0 Å². The predicted molar refractivity (Wildman–Crippen MR) is 130 cm³/mol. The van der Waals surface area contributed by atoms with Gasteiger partial charge in [0.25, 0.3) is 0 Å². The third kappa shape index (κ3) is 5.68. The fraction of sp³-hybridized carbons (Fsp3) is 0.652. The Bertz CT molecular complexity index is 1080. The number of nitrogens with zero attached hydrogens (tertiary/aromatic N) is 5. The van der Waals surface area contributed by atoms with Crippen LogP contribution in [0.25, 0.3) is 0 Å². The summed E-state index contributed by atoms with van der Waals surface area (Å²) < 4.78 is 28.1. The Labute approximate surface area is 196 Å². The molecule has 2 fully saturated rings. The lowest BCUT2D eigenvalue weighted by Gasteiger charge is -2.34. The Morgan fingerprint density at radius 2 is 1.75 bits per heavy atom. The van der Waals surface area contributed by atoms with Crippen LogP contribution >= 0.6 is 12.2 Å². The van der Waals surface area contributed by atoms with Gasteiger partial charge in [0, 0.05) is 46.2 Å². The van der Waals surface area contributed by atoms with E-state index >= 15 is 0 Å². The maximum absolute atomic E-state index is 11.8. The molecule has 1 aromatic heterocycles. The number of hydrogen-bond donors (Lipinski definition) is 0. The minimum atomic E-state index is -2.87. The average Bonchev–Trinajstić information content (AvgIpc) is 3.23. The number of sulfone groups is 1. The van der Waals surface area contributed by atoms with Gasteiger partial charge in [-0.2, -0.15) is 5.10 Å². The summed E-state index contributed by atoms with van der Waals surface area (Å²) in [5, 5.41) is 4.75. The summed E-state index contributed by atoms with van der Waals surface area (Å²) in [4.78, 5) is 4.90. The van der Waals surface area contributed by atoms with Crippen molar-refractivity contribution in [3.8, 4) is 0 Å². The van der Waals surface area contributed by atoms with Crippen LogP contribution in [0, 0.1) is 10.7 Å². The molecular weight excluding hydrogens is 442 g/mol. The van der Waals surface area contributed by atoms with Gasteiger partial charge >= 0.3 is 0 Å². The van der Waals surface area contributed by atoms with Gasteiger partial charge in [-0.25, -0.2) is 13.1 Å². The molecule has 4 rings (SSSR count). The maximum atomic E-state index is 11.8. The van der Waals surface area contributed by atoms with E-state index in [0.29, 0.717) is 29.5 Å². The quantitative estimate of drug-likeness (QED) is 0.572. The smallest absolute Gasteiger partial charge is 0.198 e. The highest BCUT2D eigenvalue weighted by molar-refractivity contribution is 7.91. The van der Waals surface area contributed by atoms with Crippen LogP contribution in [-0.2, 0) is 36.5 Å². The summed E-state index contributed by atoms with van der Waals surface area (Å²) in [7, 11) is -0.934. The van der Waals surface area contributed by atoms with Crippen molar-refractivity contribution >= 4 is 22.1 Å². The Kier molecular flexibility index (Phi) is 7.19. The van der Waals surface area contributed by atoms with Gasteiger partial charge in [-0.05, 0) is 41.6 Å². The molecule has 0 spiro atoms. The SMILES string of the molecule is CC(C)c1ccc(CN2CCN(Cn3nc(C[C@H]4CCS(=O)(=O)C4)n(C)c3=S)CC2)cc1. The van der Waals surface area contributed by atoms with Crippen LogP contribution in [0.15, 0.2) is 24.3 Å². The maximum Gasteiger partial charge on any atom is 0.198 e. The van der Waals surface area contributed by atoms with Crippen molar-refractivity contribution in [3.05, 3.63) is 46.0 Å². The molecule has 1 aromatic carbocycles. The van der Waals surface area contributed by atoms with Crippen LogP contribution in [0.3, 0.4) is 0 Å². The predicted octanol–water partition coefficient (Wildman–Crippen LogP) is 2.83. The first kappa shape index (κ1) is 23.6. The van der Waals surface area contributed by atoms with Crippen LogP contribution in [0.4, 0.5) is 0 Å². The van der Waals surface area contributed by atoms with E-state index in [-0.39, 0.29) is 11.7 Å². The number of rotatable bonds is 7. The molecule has 0 bridgehead atoms. The van der Waals surface area contributed by atoms with E-state index in [1.165, 1.54) is 11.1 Å². The Morgan fingerprint density at radius 3 is 2.34 bits per heavy atom. The molecule has 0 amide bonds. The van der Waals surface area contributed by atoms with Crippen molar-refractivity contribution < 1.29 is 8.42 Å². The Morgan fingerprint density at radius 1 is 1.09 bits per heavy atom. The second-order valence-corrected chi connectivity index (χ2v) is 12.3. The first-order chi connectivity index (χ1) is 15.2. The molecule has 2 aliphatic heterocycles. The van der Waals surface area contributed by atoms with Gasteiger partial charge in [0.2, 0.25) is 0 Å². The summed E-state index contributed by atoms with van der Waals surface area (Å²) in [6.07, 6.45) is 1.40. The van der Waals surface area contributed by atoms with E-state index in [4.69, 9.17) is 17.3 Å². The lowest BCUT2D eigenvalue weighted by Crippen LogP contribution is -2.46. The minimum absolute atomic E-state index is 0.155. The van der Waals surface area contributed by atoms with E-state index in [9.17, 15) is 8.42 Å². The van der Waals surface area contributed by atoms with Gasteiger partial charge in [-0.1, -0.05) is 38.1 Å². The van der Waals surface area contributed by atoms with Crippen molar-refractivity contribution in [2.45, 2.75) is 45.8 Å². The zero-order valence-corrected chi connectivity index (χ0v) is 21.0. The summed E-state index contributed by atoms with van der Waals surface area (Å²) in [5.74, 6) is 2.18. The van der Waals surface area contributed by atoms with Gasteiger partial charge in [0.05, 0.1) is 18.2 Å². The number of hydrogen-bond acceptors (Lipinski definition) is 6. The first-order valence-corrected chi connectivity index (χ1v) is 13.8. The van der Waals surface area contributed by atoms with Crippen molar-refractivity contribution in [1.82, 2.24) is 24.1 Å². The molecule has 2 aromatic rings. The second-order valence-electron chi connectivity index (χ2n) is 9.66. The lowest BCUT2D eigenvalue weighted by atomic mass is 10.0. The standard InChI is InChI=1S/C23H35N5O2S2/c1-18(2)21-6-4-19(5-7-21)15-26-9-11-27(12-10-26)17-28-23(31)25(3)22(24-28)14-20-8-13-32(29,30)16-20/h4-7,18,20H,8-17H2,1-3H3/t20-/m1/s1. The molecule has 2 saturated heterocycles. The fourth-order valence-corrected chi connectivity index (χ4v) is 6.70. The molecule has 7 nitrogen and oxygen atoms in total. The van der Waals surface area contributed by atoms with E-state index in [0.717, 1.165) is 45.0 Å². The van der Waals surface area contributed by atoms with E-state index in [1.807, 2.05) is 16.3 Å². The fourth-order valence-electron chi connectivity index (χ4n) is 4.64. The highest BCUT2D eigenvalue weighted by Gasteiger charge is 2.29. The average molecular weight is 478 g/mol. The molecule has 0 radical (unpaired) electrons. The summed E-state index contributed by atoms with van der Waals surface area (Å²) >= 11 is 5.62. The topological polar surface area (TPSA) is 63.4 Å². The number of aromatic nitrogens is 3. The van der Waals surface area contributed by atoms with Crippen molar-refractivity contribution in [2.75, 3.05) is 37.7 Å². The van der Waals surface area contributed by atoms with Crippen molar-refractivity contribution in [3.63, 3.8) is 0 Å². The third-order valence-electron chi connectivity index (χ3n) is 6.78. The molecule has 0 unspecified atom stereocenters. The highest BCUT2D eigenvalue weighted by atomic mass is 32.2. The zero-order chi connectivity index (χ0) is 22.9. The monoisotopic (exact) mass is 477 g/mol. The summed E-state index contributed by atoms with van der Waals surface area (Å²) in [6, 6.07) is 9.01. The van der Waals surface area contributed by atoms with Crippen LogP contribution in [0.5, 0.6) is 0 Å². The highest BCUT2D eigenvalue weighted by Crippen LogP contribution is 2.22. The van der Waals surface area contributed by atoms with Crippen molar-refractivity contribution in [2.24, 2.45) is 13.0 Å². The van der Waals surface area contributed by atoms with Gasteiger partial charge in [-0.3, -0.25) is 9.80 Å². The van der Waals surface area contributed by atoms with E-state index < -0.39 is 9.84 Å². The molecule has 0 saturated carbocycles. The van der Waals surface area contributed by atoms with Crippen LogP contribution in [0.1, 0.15) is 43.1 Å². The summed E-state index contributed by atoms with van der Waals surface area (Å²) in [6.45, 7) is 10.2. The molecule has 2 aliphatic rings. The molecule has 176 valence electrons. The zero-order valence-electron chi connectivity index (χ0n) is 19.4. The van der Waals surface area contributed by atoms with Gasteiger partial charge in [0.15, 0.2) is 14.6 Å². The summed E-state index contributed by atoms with van der Waals surface area (Å²) in [5.41, 5.74) is 2.76. The molecule has 0 aliphatic carbocycles. The first-order valence-electron chi connectivity index (χ1n) is 11.6. The molecule has 9 heteroatoms. The molecule has 1 atom stereocenters. The Hall–Kier alpha value is -1.55. The van der Waals surface area contributed by atoms with Gasteiger partial charge in [-0.15, -0.1) is 0 Å². The van der Waals surface area contributed by atoms with Gasteiger partial charge < -0.3 is 4.57 Å². The molecule has 32 heavy (non-hydrogen) atoms. The molecule has 3 heterocycles.